The maximum atomic E-state index is 13.4. The molecule has 0 radical (unpaired) electrons. The van der Waals surface area contributed by atoms with Crippen molar-refractivity contribution in [1.82, 2.24) is 19.8 Å². The van der Waals surface area contributed by atoms with Gasteiger partial charge < -0.3 is 15.0 Å². The molecule has 0 fully saturated rings. The molecule has 1 aliphatic rings. The third-order valence-electron chi connectivity index (χ3n) is 5.44. The Bertz CT molecular complexity index is 1250. The van der Waals surface area contributed by atoms with Gasteiger partial charge in [-0.2, -0.15) is 0 Å². The lowest BCUT2D eigenvalue weighted by Crippen LogP contribution is -2.40. The molecule has 3 heterocycles. The van der Waals surface area contributed by atoms with Crippen molar-refractivity contribution in [2.24, 2.45) is 0 Å². The molecule has 1 N–H and O–H groups in total. The zero-order valence-electron chi connectivity index (χ0n) is 17.6. The third-order valence-corrected chi connectivity index (χ3v) is 5.44. The van der Waals surface area contributed by atoms with E-state index in [4.69, 9.17) is 4.74 Å². The van der Waals surface area contributed by atoms with Crippen LogP contribution in [0.25, 0.3) is 5.69 Å². The molecule has 8 nitrogen and oxygen atoms in total. The van der Waals surface area contributed by atoms with Gasteiger partial charge in [0.25, 0.3) is 17.4 Å². The Morgan fingerprint density at radius 1 is 1.19 bits per heavy atom. The quantitative estimate of drug-likeness (QED) is 0.675. The van der Waals surface area contributed by atoms with Gasteiger partial charge in [0.2, 0.25) is 5.88 Å². The molecule has 0 saturated heterocycles. The smallest absolute Gasteiger partial charge is 0.268 e. The second-order valence-electron chi connectivity index (χ2n) is 7.28. The Morgan fingerprint density at radius 2 is 1.94 bits per heavy atom. The average Bonchev–Trinajstić information content (AvgIpc) is 2.83. The minimum atomic E-state index is -0.503. The first-order valence-corrected chi connectivity index (χ1v) is 9.98. The minimum absolute atomic E-state index is 0.0281. The highest BCUT2D eigenvalue weighted by Gasteiger charge is 2.29. The van der Waals surface area contributed by atoms with Crippen molar-refractivity contribution in [2.75, 3.05) is 20.7 Å². The van der Waals surface area contributed by atoms with E-state index in [2.05, 4.69) is 10.3 Å². The van der Waals surface area contributed by atoms with Crippen LogP contribution in [0.3, 0.4) is 0 Å². The van der Waals surface area contributed by atoms with Gasteiger partial charge >= 0.3 is 0 Å². The maximum absolute atomic E-state index is 13.4. The second-order valence-corrected chi connectivity index (χ2v) is 7.28. The van der Waals surface area contributed by atoms with Gasteiger partial charge in [0.1, 0.15) is 16.9 Å². The molecule has 0 aliphatic carbocycles. The zero-order chi connectivity index (χ0) is 22.8. The van der Waals surface area contributed by atoms with Crippen LogP contribution in [0.1, 0.15) is 31.8 Å². The molecule has 1 aliphatic heterocycles. The molecular formula is C23H21FN4O4. The SMILES string of the molecule is CNC(=O)c1c2c(cn(-c3ccc(F)cc3)c1=O)CN(C(=O)c1cccnc1OC)CC2. The number of rotatable bonds is 4. The van der Waals surface area contributed by atoms with Crippen molar-refractivity contribution in [1.29, 1.82) is 0 Å². The van der Waals surface area contributed by atoms with Gasteiger partial charge in [-0.05, 0) is 53.9 Å². The van der Waals surface area contributed by atoms with E-state index < -0.39 is 17.3 Å². The molecule has 0 saturated carbocycles. The van der Waals surface area contributed by atoms with Crippen molar-refractivity contribution < 1.29 is 18.7 Å². The van der Waals surface area contributed by atoms with E-state index in [0.29, 0.717) is 35.3 Å². The molecule has 164 valence electrons. The average molecular weight is 436 g/mol. The van der Waals surface area contributed by atoms with Crippen LogP contribution in [0, 0.1) is 5.82 Å². The van der Waals surface area contributed by atoms with Crippen LogP contribution in [-0.4, -0.2) is 47.0 Å². The van der Waals surface area contributed by atoms with E-state index in [1.807, 2.05) is 0 Å². The molecule has 0 spiro atoms. The Hall–Kier alpha value is -4.01. The van der Waals surface area contributed by atoms with E-state index in [0.717, 1.165) is 0 Å². The lowest BCUT2D eigenvalue weighted by molar-refractivity contribution is 0.0730. The molecular weight excluding hydrogens is 415 g/mol. The second kappa shape index (κ2) is 8.62. The first-order chi connectivity index (χ1) is 15.4. The molecule has 3 aromatic rings. The van der Waals surface area contributed by atoms with Gasteiger partial charge in [-0.1, -0.05) is 0 Å². The normalized spacial score (nSPS) is 12.8. The van der Waals surface area contributed by atoms with Crippen LogP contribution in [0.4, 0.5) is 4.39 Å². The van der Waals surface area contributed by atoms with Crippen molar-refractivity contribution in [3.8, 4) is 11.6 Å². The highest BCUT2D eigenvalue weighted by atomic mass is 19.1. The van der Waals surface area contributed by atoms with Crippen molar-refractivity contribution >= 4 is 11.8 Å². The van der Waals surface area contributed by atoms with E-state index in [1.54, 1.807) is 23.2 Å². The lowest BCUT2D eigenvalue weighted by atomic mass is 9.95. The molecule has 2 aromatic heterocycles. The third kappa shape index (κ3) is 3.73. The number of aromatic nitrogens is 2. The summed E-state index contributed by atoms with van der Waals surface area (Å²) in [6, 6.07) is 8.70. The number of nitrogens with one attached hydrogen (secondary N) is 1. The van der Waals surface area contributed by atoms with Gasteiger partial charge in [-0.25, -0.2) is 9.37 Å². The number of halogens is 1. The Balaban J connectivity index is 1.79. The molecule has 1 aromatic carbocycles. The van der Waals surface area contributed by atoms with Crippen molar-refractivity contribution in [2.45, 2.75) is 13.0 Å². The topological polar surface area (TPSA) is 93.5 Å². The van der Waals surface area contributed by atoms with E-state index >= 15 is 0 Å². The number of carbonyl (C=O) groups excluding carboxylic acids is 2. The highest BCUT2D eigenvalue weighted by molar-refractivity contribution is 5.97. The molecule has 9 heteroatoms. The van der Waals surface area contributed by atoms with Gasteiger partial charge in [0.05, 0.1) is 7.11 Å². The van der Waals surface area contributed by atoms with Gasteiger partial charge in [-0.3, -0.25) is 19.0 Å². The molecule has 0 unspecified atom stereocenters. The van der Waals surface area contributed by atoms with Crippen LogP contribution in [0.2, 0.25) is 0 Å². The highest BCUT2D eigenvalue weighted by Crippen LogP contribution is 2.25. The van der Waals surface area contributed by atoms with Crippen molar-refractivity contribution in [3.63, 3.8) is 0 Å². The summed E-state index contributed by atoms with van der Waals surface area (Å²) in [6.45, 7) is 0.519. The molecule has 2 amide bonds. The fourth-order valence-corrected chi connectivity index (χ4v) is 3.87. The summed E-state index contributed by atoms with van der Waals surface area (Å²) >= 11 is 0. The summed E-state index contributed by atoms with van der Waals surface area (Å²) in [7, 11) is 2.90. The number of nitrogens with zero attached hydrogens (tertiary/aromatic N) is 3. The maximum Gasteiger partial charge on any atom is 0.268 e. The minimum Gasteiger partial charge on any atom is -0.480 e. The van der Waals surface area contributed by atoms with E-state index in [1.165, 1.54) is 49.2 Å². The molecule has 32 heavy (non-hydrogen) atoms. The molecule has 0 bridgehead atoms. The van der Waals surface area contributed by atoms with E-state index in [-0.39, 0.29) is 23.9 Å². The largest absolute Gasteiger partial charge is 0.480 e. The summed E-state index contributed by atoms with van der Waals surface area (Å²) in [5, 5.41) is 2.52. The predicted molar refractivity (Wildman–Crippen MR) is 115 cm³/mol. The summed E-state index contributed by atoms with van der Waals surface area (Å²) in [5.74, 6) is -0.975. The standard InChI is InChI=1S/C23H21FN4O4/c1-25-20(29)19-17-9-11-27(22(30)18-4-3-10-26-21(18)32-2)12-14(17)13-28(23(19)31)16-7-5-15(24)6-8-16/h3-8,10,13H,9,11-12H2,1-2H3,(H,25,29). The van der Waals surface area contributed by atoms with Gasteiger partial charge in [0, 0.05) is 38.2 Å². The fraction of sp³-hybridized carbons (Fsp3) is 0.217. The first-order valence-electron chi connectivity index (χ1n) is 9.98. The number of carbonyl (C=O) groups is 2. The van der Waals surface area contributed by atoms with Gasteiger partial charge in [0.15, 0.2) is 0 Å². The molecule has 4 rings (SSSR count). The van der Waals surface area contributed by atoms with Gasteiger partial charge in [-0.15, -0.1) is 0 Å². The number of methoxy groups -OCH3 is 1. The number of amides is 2. The zero-order valence-corrected chi connectivity index (χ0v) is 17.6. The Labute approximate surface area is 183 Å². The first kappa shape index (κ1) is 21.2. The number of pyridine rings is 2. The van der Waals surface area contributed by atoms with Crippen LogP contribution < -0.4 is 15.6 Å². The number of fused-ring (bicyclic) bond motifs is 1. The summed E-state index contributed by atoms with van der Waals surface area (Å²) in [4.78, 5) is 44.6. The summed E-state index contributed by atoms with van der Waals surface area (Å²) < 4.78 is 19.9. The van der Waals surface area contributed by atoms with Crippen LogP contribution >= 0.6 is 0 Å². The number of ether oxygens (including phenoxy) is 1. The number of benzene rings is 1. The summed E-state index contributed by atoms with van der Waals surface area (Å²) in [5.41, 5.74) is 1.55. The van der Waals surface area contributed by atoms with Crippen LogP contribution in [-0.2, 0) is 13.0 Å². The predicted octanol–water partition coefficient (Wildman–Crippen LogP) is 1.94. The lowest BCUT2D eigenvalue weighted by Gasteiger charge is -2.30. The van der Waals surface area contributed by atoms with E-state index in [9.17, 15) is 18.8 Å². The number of hydrogen-bond donors (Lipinski definition) is 1. The monoisotopic (exact) mass is 436 g/mol. The molecule has 0 atom stereocenters. The Morgan fingerprint density at radius 3 is 2.62 bits per heavy atom. The Kier molecular flexibility index (Phi) is 5.72. The van der Waals surface area contributed by atoms with Crippen molar-refractivity contribution in [3.05, 3.63) is 87.2 Å². The van der Waals surface area contributed by atoms with Crippen LogP contribution in [0.15, 0.2) is 53.6 Å². The summed E-state index contributed by atoms with van der Waals surface area (Å²) in [6.07, 6.45) is 3.49. The fourth-order valence-electron chi connectivity index (χ4n) is 3.87. The van der Waals surface area contributed by atoms with Crippen LogP contribution in [0.5, 0.6) is 5.88 Å². The number of hydrogen-bond acceptors (Lipinski definition) is 5.